The van der Waals surface area contributed by atoms with E-state index in [9.17, 15) is 8.78 Å². The largest absolute Gasteiger partial charge is 0.457 e. The first kappa shape index (κ1) is 15.4. The number of nitrogens with zero attached hydrogens (tertiary/aromatic N) is 1. The minimum absolute atomic E-state index is 0.174. The Hall–Kier alpha value is -1.94. The van der Waals surface area contributed by atoms with Crippen LogP contribution in [0.4, 0.5) is 8.78 Å². The molecule has 0 atom stereocenters. The molecular formula is C17H19F2NO. The molecule has 0 amide bonds. The second-order valence-corrected chi connectivity index (χ2v) is 5.22. The van der Waals surface area contributed by atoms with E-state index in [2.05, 4.69) is 4.90 Å². The molecule has 0 aliphatic rings. The van der Waals surface area contributed by atoms with E-state index in [-0.39, 0.29) is 5.75 Å². The van der Waals surface area contributed by atoms with E-state index in [1.807, 2.05) is 38.4 Å². The van der Waals surface area contributed by atoms with Crippen LogP contribution in [0.1, 0.15) is 12.0 Å². The number of aryl methyl sites for hydroxylation is 1. The van der Waals surface area contributed by atoms with Crippen LogP contribution in [0.3, 0.4) is 0 Å². The van der Waals surface area contributed by atoms with Crippen LogP contribution in [0.15, 0.2) is 42.5 Å². The lowest BCUT2D eigenvalue weighted by molar-refractivity contribution is 0.398. The van der Waals surface area contributed by atoms with Gasteiger partial charge in [0.25, 0.3) is 0 Å². The Balaban J connectivity index is 2.12. The van der Waals surface area contributed by atoms with Gasteiger partial charge in [-0.1, -0.05) is 18.2 Å². The highest BCUT2D eigenvalue weighted by Gasteiger charge is 2.07. The quantitative estimate of drug-likeness (QED) is 0.789. The highest BCUT2D eigenvalue weighted by molar-refractivity contribution is 5.38. The Bertz CT molecular complexity index is 579. The van der Waals surface area contributed by atoms with Crippen LogP contribution in [0.2, 0.25) is 0 Å². The normalized spacial score (nSPS) is 10.9. The Morgan fingerprint density at radius 3 is 2.33 bits per heavy atom. The van der Waals surface area contributed by atoms with Crippen LogP contribution in [-0.4, -0.2) is 25.5 Å². The van der Waals surface area contributed by atoms with Crippen LogP contribution < -0.4 is 4.74 Å². The predicted molar refractivity (Wildman–Crippen MR) is 79.7 cm³/mol. The van der Waals surface area contributed by atoms with Crippen molar-refractivity contribution in [2.75, 3.05) is 20.6 Å². The molecule has 0 radical (unpaired) electrons. The van der Waals surface area contributed by atoms with E-state index in [1.165, 1.54) is 12.1 Å². The number of hydrogen-bond donors (Lipinski definition) is 0. The Labute approximate surface area is 124 Å². The summed E-state index contributed by atoms with van der Waals surface area (Å²) in [6.45, 7) is 0.975. The molecule has 0 saturated carbocycles. The summed E-state index contributed by atoms with van der Waals surface area (Å²) in [5, 5.41) is 0. The van der Waals surface area contributed by atoms with Gasteiger partial charge < -0.3 is 9.64 Å². The maximum Gasteiger partial charge on any atom is 0.133 e. The standard InChI is InChI=1S/C17H19F2NO/c1-20(2)9-5-7-13-6-3-4-8-17(13)21-16-11-14(18)10-15(19)12-16/h3-4,6,8,10-12H,5,7,9H2,1-2H3. The lowest BCUT2D eigenvalue weighted by Gasteiger charge is -2.13. The number of rotatable bonds is 6. The van der Waals surface area contributed by atoms with Gasteiger partial charge in [-0.2, -0.15) is 0 Å². The van der Waals surface area contributed by atoms with Crippen LogP contribution >= 0.6 is 0 Å². The second-order valence-electron chi connectivity index (χ2n) is 5.22. The molecule has 0 aliphatic heterocycles. The highest BCUT2D eigenvalue weighted by Crippen LogP contribution is 2.27. The zero-order valence-corrected chi connectivity index (χ0v) is 12.3. The zero-order valence-electron chi connectivity index (χ0n) is 12.3. The third-order valence-electron chi connectivity index (χ3n) is 3.09. The van der Waals surface area contributed by atoms with Crippen molar-refractivity contribution in [3.05, 3.63) is 59.7 Å². The van der Waals surface area contributed by atoms with E-state index >= 15 is 0 Å². The molecule has 0 spiro atoms. The first-order valence-corrected chi connectivity index (χ1v) is 6.91. The van der Waals surface area contributed by atoms with Crippen LogP contribution in [0, 0.1) is 11.6 Å². The van der Waals surface area contributed by atoms with Crippen molar-refractivity contribution in [3.8, 4) is 11.5 Å². The molecule has 0 aliphatic carbocycles. The van der Waals surface area contributed by atoms with Gasteiger partial charge in [0.1, 0.15) is 23.1 Å². The molecule has 0 heterocycles. The second kappa shape index (κ2) is 7.18. The predicted octanol–water partition coefficient (Wildman–Crippen LogP) is 4.25. The van der Waals surface area contributed by atoms with E-state index < -0.39 is 11.6 Å². The molecule has 2 aromatic carbocycles. The van der Waals surface area contributed by atoms with Gasteiger partial charge in [-0.25, -0.2) is 8.78 Å². The molecule has 0 aromatic heterocycles. The smallest absolute Gasteiger partial charge is 0.133 e. The fourth-order valence-corrected chi connectivity index (χ4v) is 2.11. The first-order chi connectivity index (χ1) is 10.0. The Morgan fingerprint density at radius 1 is 1.00 bits per heavy atom. The Morgan fingerprint density at radius 2 is 1.67 bits per heavy atom. The van der Waals surface area contributed by atoms with Gasteiger partial charge in [-0.3, -0.25) is 0 Å². The van der Waals surface area contributed by atoms with Gasteiger partial charge in [0.2, 0.25) is 0 Å². The van der Waals surface area contributed by atoms with Gasteiger partial charge >= 0.3 is 0 Å². The molecule has 0 N–H and O–H groups in total. The summed E-state index contributed by atoms with van der Waals surface area (Å²) < 4.78 is 32.0. The summed E-state index contributed by atoms with van der Waals surface area (Å²) in [5.74, 6) is -0.473. The van der Waals surface area contributed by atoms with Crippen LogP contribution in [0.25, 0.3) is 0 Å². The SMILES string of the molecule is CN(C)CCCc1ccccc1Oc1cc(F)cc(F)c1. The van der Waals surface area contributed by atoms with E-state index in [4.69, 9.17) is 4.74 Å². The topological polar surface area (TPSA) is 12.5 Å². The maximum atomic E-state index is 13.2. The monoisotopic (exact) mass is 291 g/mol. The van der Waals surface area contributed by atoms with Crippen molar-refractivity contribution >= 4 is 0 Å². The summed E-state index contributed by atoms with van der Waals surface area (Å²) in [6.07, 6.45) is 1.84. The average Bonchev–Trinajstić information content (AvgIpc) is 2.39. The first-order valence-electron chi connectivity index (χ1n) is 6.91. The Kier molecular flexibility index (Phi) is 5.28. The zero-order chi connectivity index (χ0) is 15.2. The lowest BCUT2D eigenvalue weighted by Crippen LogP contribution is -2.13. The fraction of sp³-hybridized carbons (Fsp3) is 0.294. The van der Waals surface area contributed by atoms with E-state index in [0.717, 1.165) is 31.0 Å². The van der Waals surface area contributed by atoms with Gasteiger partial charge in [0, 0.05) is 18.2 Å². The number of para-hydroxylation sites is 1. The molecule has 0 fully saturated rings. The van der Waals surface area contributed by atoms with Gasteiger partial charge in [0.15, 0.2) is 0 Å². The van der Waals surface area contributed by atoms with Crippen molar-refractivity contribution in [1.82, 2.24) is 4.90 Å². The molecule has 112 valence electrons. The fourth-order valence-electron chi connectivity index (χ4n) is 2.11. The maximum absolute atomic E-state index is 13.2. The third-order valence-corrected chi connectivity index (χ3v) is 3.09. The van der Waals surface area contributed by atoms with Crippen molar-refractivity contribution < 1.29 is 13.5 Å². The molecule has 0 bridgehead atoms. The van der Waals surface area contributed by atoms with E-state index in [0.29, 0.717) is 5.75 Å². The molecular weight excluding hydrogens is 272 g/mol. The number of halogens is 2. The van der Waals surface area contributed by atoms with E-state index in [1.54, 1.807) is 0 Å². The van der Waals surface area contributed by atoms with Crippen LogP contribution in [-0.2, 0) is 6.42 Å². The molecule has 4 heteroatoms. The summed E-state index contributed by atoms with van der Waals surface area (Å²) in [7, 11) is 4.05. The van der Waals surface area contributed by atoms with Crippen LogP contribution in [0.5, 0.6) is 11.5 Å². The molecule has 2 nitrogen and oxygen atoms in total. The summed E-state index contributed by atoms with van der Waals surface area (Å²) >= 11 is 0. The number of ether oxygens (including phenoxy) is 1. The number of benzene rings is 2. The molecule has 21 heavy (non-hydrogen) atoms. The summed E-state index contributed by atoms with van der Waals surface area (Å²) in [6, 6.07) is 10.8. The molecule has 2 aromatic rings. The third kappa shape index (κ3) is 4.83. The molecule has 0 unspecified atom stereocenters. The van der Waals surface area contributed by atoms with Gasteiger partial charge in [-0.15, -0.1) is 0 Å². The van der Waals surface area contributed by atoms with Gasteiger partial charge in [-0.05, 0) is 45.1 Å². The van der Waals surface area contributed by atoms with Gasteiger partial charge in [0.05, 0.1) is 0 Å². The molecule has 2 rings (SSSR count). The summed E-state index contributed by atoms with van der Waals surface area (Å²) in [4.78, 5) is 2.12. The highest BCUT2D eigenvalue weighted by atomic mass is 19.1. The number of hydrogen-bond acceptors (Lipinski definition) is 2. The summed E-state index contributed by atoms with van der Waals surface area (Å²) in [5.41, 5.74) is 1.03. The minimum Gasteiger partial charge on any atom is -0.457 e. The lowest BCUT2D eigenvalue weighted by atomic mass is 10.1. The molecule has 0 saturated heterocycles. The van der Waals surface area contributed by atoms with Crippen molar-refractivity contribution in [1.29, 1.82) is 0 Å². The minimum atomic E-state index is -0.643. The van der Waals surface area contributed by atoms with Crippen molar-refractivity contribution in [2.24, 2.45) is 0 Å². The average molecular weight is 291 g/mol. The van der Waals surface area contributed by atoms with Crippen molar-refractivity contribution in [2.45, 2.75) is 12.8 Å². The van der Waals surface area contributed by atoms with Crippen molar-refractivity contribution in [3.63, 3.8) is 0 Å².